The number of pyridine rings is 1. The van der Waals surface area contributed by atoms with E-state index >= 15 is 0 Å². The molecule has 1 fully saturated rings. The molecule has 1 aliphatic carbocycles. The Morgan fingerprint density at radius 2 is 1.79 bits per heavy atom. The van der Waals surface area contributed by atoms with Crippen LogP contribution in [0.25, 0.3) is 10.9 Å². The molecule has 3 unspecified atom stereocenters. The van der Waals surface area contributed by atoms with Crippen LogP contribution in [-0.2, 0) is 11.0 Å². The Labute approximate surface area is 219 Å². The van der Waals surface area contributed by atoms with Gasteiger partial charge in [0.15, 0.2) is 0 Å². The molecule has 9 heteroatoms. The minimum absolute atomic E-state index is 0.175. The van der Waals surface area contributed by atoms with Gasteiger partial charge in [-0.2, -0.15) is 13.2 Å². The number of hydrogen-bond acceptors (Lipinski definition) is 5. The molecule has 2 N–H and O–H groups in total. The Morgan fingerprint density at radius 1 is 1.05 bits per heavy atom. The third-order valence-corrected chi connectivity index (χ3v) is 7.67. The predicted octanol–water partition coefficient (Wildman–Crippen LogP) is 5.44. The van der Waals surface area contributed by atoms with Crippen molar-refractivity contribution in [1.82, 2.24) is 9.88 Å². The molecule has 0 spiro atoms. The van der Waals surface area contributed by atoms with Crippen LogP contribution in [0.2, 0.25) is 0 Å². The fourth-order valence-corrected chi connectivity index (χ4v) is 5.62. The van der Waals surface area contributed by atoms with Crippen LogP contribution in [0.4, 0.5) is 24.5 Å². The summed E-state index contributed by atoms with van der Waals surface area (Å²) in [6.07, 6.45) is 3.73. The lowest BCUT2D eigenvalue weighted by atomic mass is 9.74. The minimum atomic E-state index is -4.56. The highest BCUT2D eigenvalue weighted by atomic mass is 19.4. The van der Waals surface area contributed by atoms with E-state index in [4.69, 9.17) is 0 Å². The zero-order chi connectivity index (χ0) is 26.9. The largest absolute Gasteiger partial charge is 0.481 e. The normalized spacial score (nSPS) is 22.9. The molecule has 2 heterocycles. The highest BCUT2D eigenvalue weighted by Gasteiger charge is 2.48. The molecule has 6 nitrogen and oxygen atoms in total. The Morgan fingerprint density at radius 3 is 2.47 bits per heavy atom. The van der Waals surface area contributed by atoms with Crippen molar-refractivity contribution in [3.05, 3.63) is 90.7 Å². The average Bonchev–Trinajstić information content (AvgIpc) is 2.92. The van der Waals surface area contributed by atoms with Gasteiger partial charge < -0.3 is 15.3 Å². The molecular formula is C29H29F3N4O2. The number of carboxylic acids is 1. The van der Waals surface area contributed by atoms with Gasteiger partial charge in [0.1, 0.15) is 5.92 Å². The van der Waals surface area contributed by atoms with E-state index in [0.29, 0.717) is 18.8 Å². The van der Waals surface area contributed by atoms with Crippen LogP contribution in [0.5, 0.6) is 0 Å². The van der Waals surface area contributed by atoms with Crippen LogP contribution in [0.3, 0.4) is 0 Å². The van der Waals surface area contributed by atoms with Crippen LogP contribution >= 0.6 is 0 Å². The number of fused-ring (bicyclic) bond motifs is 1. The molecule has 0 radical (unpaired) electrons. The topological polar surface area (TPSA) is 68.7 Å². The van der Waals surface area contributed by atoms with E-state index < -0.39 is 29.2 Å². The number of anilines is 2. The zero-order valence-electron chi connectivity index (χ0n) is 20.9. The van der Waals surface area contributed by atoms with Gasteiger partial charge in [0.2, 0.25) is 0 Å². The van der Waals surface area contributed by atoms with Gasteiger partial charge in [-0.15, -0.1) is 0 Å². The quantitative estimate of drug-likeness (QED) is 0.449. The van der Waals surface area contributed by atoms with E-state index in [-0.39, 0.29) is 16.9 Å². The number of allylic oxidation sites excluding steroid dienone is 2. The fraction of sp³-hybridized carbons (Fsp3) is 0.310. The number of hydrogen-bond donors (Lipinski definition) is 2. The second kappa shape index (κ2) is 10.1. The van der Waals surface area contributed by atoms with Crippen molar-refractivity contribution in [2.75, 3.05) is 36.4 Å². The number of nitrogens with one attached hydrogen (secondary N) is 1. The summed E-state index contributed by atoms with van der Waals surface area (Å²) in [7, 11) is 0. The van der Waals surface area contributed by atoms with Gasteiger partial charge in [0, 0.05) is 55.2 Å². The lowest BCUT2D eigenvalue weighted by Gasteiger charge is -2.49. The molecule has 1 aromatic heterocycles. The van der Waals surface area contributed by atoms with Crippen molar-refractivity contribution in [2.45, 2.75) is 24.7 Å². The van der Waals surface area contributed by atoms with Gasteiger partial charge in [-0.1, -0.05) is 54.6 Å². The van der Waals surface area contributed by atoms with E-state index in [1.54, 1.807) is 30.4 Å². The van der Waals surface area contributed by atoms with Gasteiger partial charge in [-0.25, -0.2) is 0 Å². The number of benzene rings is 2. The minimum Gasteiger partial charge on any atom is -0.481 e. The van der Waals surface area contributed by atoms with Crippen molar-refractivity contribution in [1.29, 1.82) is 0 Å². The summed E-state index contributed by atoms with van der Waals surface area (Å²) in [4.78, 5) is 21.1. The highest BCUT2D eigenvalue weighted by molar-refractivity contribution is 5.94. The van der Waals surface area contributed by atoms with Crippen LogP contribution in [0.1, 0.15) is 12.5 Å². The van der Waals surface area contributed by atoms with Crippen molar-refractivity contribution in [3.63, 3.8) is 0 Å². The molecule has 38 heavy (non-hydrogen) atoms. The molecule has 198 valence electrons. The summed E-state index contributed by atoms with van der Waals surface area (Å²) < 4.78 is 41.1. The first-order valence-corrected chi connectivity index (χ1v) is 12.6. The first-order valence-electron chi connectivity index (χ1n) is 12.6. The van der Waals surface area contributed by atoms with Crippen LogP contribution in [0, 0.1) is 5.92 Å². The Bertz CT molecular complexity index is 1370. The molecule has 1 saturated heterocycles. The lowest BCUT2D eigenvalue weighted by Crippen LogP contribution is -2.63. The monoisotopic (exact) mass is 522 g/mol. The van der Waals surface area contributed by atoms with Crippen molar-refractivity contribution < 1.29 is 23.1 Å². The van der Waals surface area contributed by atoms with Crippen LogP contribution in [-0.4, -0.2) is 58.7 Å². The Hall–Kier alpha value is -3.85. The molecule has 0 bridgehead atoms. The van der Waals surface area contributed by atoms with Gasteiger partial charge in [-0.3, -0.25) is 14.7 Å². The highest BCUT2D eigenvalue weighted by Crippen LogP contribution is 2.40. The Balaban J connectivity index is 1.50. The first kappa shape index (κ1) is 25.8. The molecule has 5 rings (SSSR count). The third kappa shape index (κ3) is 4.74. The first-order chi connectivity index (χ1) is 18.2. The van der Waals surface area contributed by atoms with Crippen molar-refractivity contribution >= 4 is 28.2 Å². The average molecular weight is 523 g/mol. The van der Waals surface area contributed by atoms with Gasteiger partial charge in [0.25, 0.3) is 0 Å². The molecule has 3 aromatic rings. The molecule has 0 amide bonds. The summed E-state index contributed by atoms with van der Waals surface area (Å²) in [5, 5.41) is 13.9. The standard InChI is InChI=1S/C29H29F3N4O2/c1-20(35-16-18-36(19-17-35)21-8-3-2-4-9-21)28(14-6-5-11-24(28)27(37)38)34-25-13-15-33-26-22(25)10-7-12-23(26)29(30,31)32/h2-15,20,24H,16-19H2,1H3,(H,33,34)(H,37,38). The number of rotatable bonds is 6. The van der Waals surface area contributed by atoms with E-state index in [1.165, 1.54) is 12.3 Å². The van der Waals surface area contributed by atoms with Crippen molar-refractivity contribution in [3.8, 4) is 0 Å². The number of carboxylic acid groups (broad SMARTS) is 1. The Kier molecular flexibility index (Phi) is 6.88. The number of alkyl halides is 3. The van der Waals surface area contributed by atoms with Crippen LogP contribution in [0.15, 0.2) is 85.1 Å². The molecule has 3 atom stereocenters. The second-order valence-corrected chi connectivity index (χ2v) is 9.71. The van der Waals surface area contributed by atoms with E-state index in [9.17, 15) is 23.1 Å². The summed E-state index contributed by atoms with van der Waals surface area (Å²) in [5.41, 5.74) is -0.571. The zero-order valence-corrected chi connectivity index (χ0v) is 20.9. The van der Waals surface area contributed by atoms with Gasteiger partial charge in [-0.05, 0) is 31.2 Å². The molecule has 2 aliphatic rings. The fourth-order valence-electron chi connectivity index (χ4n) is 5.62. The van der Waals surface area contributed by atoms with Crippen LogP contribution < -0.4 is 10.2 Å². The number of aromatic nitrogens is 1. The number of halogens is 3. The van der Waals surface area contributed by atoms with E-state index in [1.807, 2.05) is 31.2 Å². The molecule has 0 saturated carbocycles. The van der Waals surface area contributed by atoms with Gasteiger partial charge >= 0.3 is 12.1 Å². The van der Waals surface area contributed by atoms with E-state index in [2.05, 4.69) is 32.2 Å². The van der Waals surface area contributed by atoms with Gasteiger partial charge in [0.05, 0.1) is 16.6 Å². The van der Waals surface area contributed by atoms with Crippen molar-refractivity contribution in [2.24, 2.45) is 5.92 Å². The summed E-state index contributed by atoms with van der Waals surface area (Å²) in [6.45, 7) is 4.94. The molecule has 2 aromatic carbocycles. The number of carbonyl (C=O) groups is 1. The second-order valence-electron chi connectivity index (χ2n) is 9.71. The molecule has 1 aliphatic heterocycles. The number of nitrogens with zero attached hydrogens (tertiary/aromatic N) is 3. The maximum atomic E-state index is 13.7. The molecular weight excluding hydrogens is 493 g/mol. The third-order valence-electron chi connectivity index (χ3n) is 7.67. The lowest BCUT2D eigenvalue weighted by molar-refractivity contribution is -0.142. The maximum absolute atomic E-state index is 13.7. The van der Waals surface area contributed by atoms with E-state index in [0.717, 1.165) is 24.8 Å². The summed E-state index contributed by atoms with van der Waals surface area (Å²) >= 11 is 0. The number of aliphatic carboxylic acids is 1. The maximum Gasteiger partial charge on any atom is 0.418 e. The smallest absolute Gasteiger partial charge is 0.418 e. The summed E-state index contributed by atoms with van der Waals surface area (Å²) in [5.74, 6) is -1.95. The summed E-state index contributed by atoms with van der Waals surface area (Å²) in [6, 6.07) is 15.4. The SMILES string of the molecule is CC(N1CCN(c2ccccc2)CC1)C1(Nc2ccnc3c(C(F)(F)F)cccc23)C=CC=CC1C(=O)O. The predicted molar refractivity (Wildman–Crippen MR) is 142 cm³/mol. The number of piperazine rings is 1. The number of para-hydroxylation sites is 2.